The Labute approximate surface area is 119 Å². The van der Waals surface area contributed by atoms with E-state index in [2.05, 4.69) is 5.32 Å². The third kappa shape index (κ3) is 2.57. The van der Waals surface area contributed by atoms with Crippen molar-refractivity contribution < 1.29 is 19.1 Å². The molecule has 0 saturated heterocycles. The molecular weight excluding hydrogens is 258 g/mol. The van der Waals surface area contributed by atoms with Gasteiger partial charge in [-0.3, -0.25) is 0 Å². The minimum absolute atomic E-state index is 0.212. The van der Waals surface area contributed by atoms with E-state index in [1.165, 1.54) is 7.11 Å². The van der Waals surface area contributed by atoms with Crippen LogP contribution in [-0.4, -0.2) is 25.7 Å². The fourth-order valence-corrected chi connectivity index (χ4v) is 2.80. The molecule has 1 aliphatic carbocycles. The maximum Gasteiger partial charge on any atom is 0.336 e. The molecule has 2 rings (SSSR count). The number of allylic oxidation sites excluding steroid dienone is 1. The van der Waals surface area contributed by atoms with E-state index in [4.69, 9.17) is 9.47 Å². The van der Waals surface area contributed by atoms with Crippen LogP contribution in [0.1, 0.15) is 33.1 Å². The van der Waals surface area contributed by atoms with Crippen molar-refractivity contribution in [2.24, 2.45) is 11.8 Å². The van der Waals surface area contributed by atoms with Gasteiger partial charge in [-0.25, -0.2) is 9.59 Å². The highest BCUT2D eigenvalue weighted by Crippen LogP contribution is 2.43. The molecule has 2 aliphatic rings. The number of nitrogens with one attached hydrogen (secondary N) is 1. The molecule has 0 aromatic rings. The van der Waals surface area contributed by atoms with Gasteiger partial charge < -0.3 is 14.8 Å². The van der Waals surface area contributed by atoms with Gasteiger partial charge in [-0.2, -0.15) is 0 Å². The third-order valence-corrected chi connectivity index (χ3v) is 4.03. The van der Waals surface area contributed by atoms with Gasteiger partial charge in [0.15, 0.2) is 0 Å². The molecule has 110 valence electrons. The fourth-order valence-electron chi connectivity index (χ4n) is 2.80. The van der Waals surface area contributed by atoms with Gasteiger partial charge in [-0.05, 0) is 32.6 Å². The van der Waals surface area contributed by atoms with Gasteiger partial charge in [0, 0.05) is 17.8 Å². The number of carbonyl (C=O) groups is 2. The molecule has 0 radical (unpaired) electrons. The summed E-state index contributed by atoms with van der Waals surface area (Å²) < 4.78 is 9.99. The van der Waals surface area contributed by atoms with E-state index in [-0.39, 0.29) is 17.9 Å². The standard InChI is InChI=1S/C15H21NO4/c1-4-20-14(17)11-8-16-9(2)12(15(18)19-3)13(11)10-6-5-7-10/h8,10,13,16H,4-7H2,1-3H3/t13-/m1/s1. The summed E-state index contributed by atoms with van der Waals surface area (Å²) in [6.07, 6.45) is 4.85. The molecule has 20 heavy (non-hydrogen) atoms. The summed E-state index contributed by atoms with van der Waals surface area (Å²) >= 11 is 0. The number of rotatable bonds is 4. The quantitative estimate of drug-likeness (QED) is 0.796. The number of hydrogen-bond donors (Lipinski definition) is 1. The second-order valence-electron chi connectivity index (χ2n) is 5.16. The van der Waals surface area contributed by atoms with Crippen molar-refractivity contribution in [3.63, 3.8) is 0 Å². The smallest absolute Gasteiger partial charge is 0.336 e. The van der Waals surface area contributed by atoms with Crippen LogP contribution in [0.15, 0.2) is 23.0 Å². The van der Waals surface area contributed by atoms with Crippen LogP contribution in [0.3, 0.4) is 0 Å². The topological polar surface area (TPSA) is 64.6 Å². The molecule has 0 spiro atoms. The number of carbonyl (C=O) groups excluding carboxylic acids is 2. The molecule has 5 nitrogen and oxygen atoms in total. The lowest BCUT2D eigenvalue weighted by atomic mass is 9.68. The highest BCUT2D eigenvalue weighted by Gasteiger charge is 2.41. The summed E-state index contributed by atoms with van der Waals surface area (Å²) in [6.45, 7) is 3.93. The highest BCUT2D eigenvalue weighted by molar-refractivity contribution is 5.97. The number of dihydropyridines is 1. The molecule has 0 amide bonds. The third-order valence-electron chi connectivity index (χ3n) is 4.03. The van der Waals surface area contributed by atoms with E-state index < -0.39 is 0 Å². The number of hydrogen-bond acceptors (Lipinski definition) is 5. The fraction of sp³-hybridized carbons (Fsp3) is 0.600. The Morgan fingerprint density at radius 2 is 2.05 bits per heavy atom. The largest absolute Gasteiger partial charge is 0.466 e. The normalized spacial score (nSPS) is 22.6. The summed E-state index contributed by atoms with van der Waals surface area (Å²) in [6, 6.07) is 0. The molecule has 1 N–H and O–H groups in total. The van der Waals surface area contributed by atoms with Crippen molar-refractivity contribution in [2.75, 3.05) is 13.7 Å². The van der Waals surface area contributed by atoms with Crippen LogP contribution >= 0.6 is 0 Å². The molecule has 5 heteroatoms. The van der Waals surface area contributed by atoms with Crippen molar-refractivity contribution >= 4 is 11.9 Å². The number of esters is 2. The molecule has 0 bridgehead atoms. The lowest BCUT2D eigenvalue weighted by Crippen LogP contribution is -2.37. The van der Waals surface area contributed by atoms with Gasteiger partial charge in [0.25, 0.3) is 0 Å². The van der Waals surface area contributed by atoms with Crippen LogP contribution in [0, 0.1) is 11.8 Å². The van der Waals surface area contributed by atoms with E-state index in [1.54, 1.807) is 13.1 Å². The van der Waals surface area contributed by atoms with Crippen molar-refractivity contribution in [3.05, 3.63) is 23.0 Å². The van der Waals surface area contributed by atoms with E-state index >= 15 is 0 Å². The molecule has 1 saturated carbocycles. The zero-order valence-corrected chi connectivity index (χ0v) is 12.2. The van der Waals surface area contributed by atoms with Crippen LogP contribution < -0.4 is 5.32 Å². The van der Waals surface area contributed by atoms with Crippen LogP contribution in [0.2, 0.25) is 0 Å². The Hall–Kier alpha value is -1.78. The van der Waals surface area contributed by atoms with Gasteiger partial charge >= 0.3 is 11.9 Å². The Morgan fingerprint density at radius 1 is 1.35 bits per heavy atom. The van der Waals surface area contributed by atoms with Gasteiger partial charge in [0.05, 0.1) is 24.9 Å². The second-order valence-corrected chi connectivity index (χ2v) is 5.16. The Morgan fingerprint density at radius 3 is 2.55 bits per heavy atom. The first-order chi connectivity index (χ1) is 9.60. The van der Waals surface area contributed by atoms with Crippen LogP contribution in [0.25, 0.3) is 0 Å². The van der Waals surface area contributed by atoms with E-state index in [1.807, 2.05) is 6.92 Å². The molecule has 1 atom stereocenters. The first-order valence-corrected chi connectivity index (χ1v) is 7.03. The maximum absolute atomic E-state index is 12.1. The monoisotopic (exact) mass is 279 g/mol. The predicted octanol–water partition coefficient (Wildman–Crippen LogP) is 1.90. The molecule has 1 fully saturated rings. The zero-order chi connectivity index (χ0) is 14.7. The lowest BCUT2D eigenvalue weighted by molar-refractivity contribution is -0.140. The molecule has 1 heterocycles. The van der Waals surface area contributed by atoms with Crippen LogP contribution in [0.4, 0.5) is 0 Å². The van der Waals surface area contributed by atoms with Gasteiger partial charge in [-0.1, -0.05) is 6.42 Å². The average Bonchev–Trinajstić information content (AvgIpc) is 2.36. The van der Waals surface area contributed by atoms with Crippen molar-refractivity contribution in [1.82, 2.24) is 5.32 Å². The first kappa shape index (κ1) is 14.6. The van der Waals surface area contributed by atoms with Crippen molar-refractivity contribution in [2.45, 2.75) is 33.1 Å². The van der Waals surface area contributed by atoms with Gasteiger partial charge in [0.1, 0.15) is 0 Å². The Bertz CT molecular complexity index is 474. The maximum atomic E-state index is 12.1. The van der Waals surface area contributed by atoms with Crippen molar-refractivity contribution in [1.29, 1.82) is 0 Å². The van der Waals surface area contributed by atoms with Crippen molar-refractivity contribution in [3.8, 4) is 0 Å². The van der Waals surface area contributed by atoms with E-state index in [9.17, 15) is 9.59 Å². The zero-order valence-electron chi connectivity index (χ0n) is 12.2. The summed E-state index contributed by atoms with van der Waals surface area (Å²) in [4.78, 5) is 24.2. The lowest BCUT2D eigenvalue weighted by Gasteiger charge is -2.37. The Balaban J connectivity index is 2.34. The van der Waals surface area contributed by atoms with Crippen LogP contribution in [-0.2, 0) is 19.1 Å². The summed E-state index contributed by atoms with van der Waals surface area (Å²) in [5, 5.41) is 2.99. The van der Waals surface area contributed by atoms with E-state index in [0.717, 1.165) is 25.0 Å². The van der Waals surface area contributed by atoms with E-state index in [0.29, 0.717) is 23.7 Å². The summed E-state index contributed by atoms with van der Waals surface area (Å²) in [7, 11) is 1.36. The molecule has 0 aromatic carbocycles. The molecule has 1 aliphatic heterocycles. The van der Waals surface area contributed by atoms with Gasteiger partial charge in [0.2, 0.25) is 0 Å². The van der Waals surface area contributed by atoms with Gasteiger partial charge in [-0.15, -0.1) is 0 Å². The minimum atomic E-state index is -0.373. The summed E-state index contributed by atoms with van der Waals surface area (Å²) in [5.74, 6) is -0.624. The highest BCUT2D eigenvalue weighted by atomic mass is 16.5. The average molecular weight is 279 g/mol. The molecule has 0 unspecified atom stereocenters. The summed E-state index contributed by atoms with van der Waals surface area (Å²) in [5.41, 5.74) is 1.84. The second kappa shape index (κ2) is 6.11. The Kier molecular flexibility index (Phi) is 4.47. The number of methoxy groups -OCH3 is 1. The SMILES string of the molecule is CCOC(=O)C1=CNC(C)=C(C(=O)OC)[C@@H]1C1CCC1. The van der Waals surface area contributed by atoms with Crippen LogP contribution in [0.5, 0.6) is 0 Å². The predicted molar refractivity (Wildman–Crippen MR) is 73.4 cm³/mol. The number of ether oxygens (including phenoxy) is 2. The first-order valence-electron chi connectivity index (χ1n) is 7.03. The molecule has 0 aromatic heterocycles. The molecular formula is C15H21NO4. The minimum Gasteiger partial charge on any atom is -0.466 e.